The van der Waals surface area contributed by atoms with Crippen molar-refractivity contribution in [1.82, 2.24) is 10.2 Å². The molecule has 1 heterocycles. The van der Waals surface area contributed by atoms with Gasteiger partial charge in [0.1, 0.15) is 18.0 Å². The van der Waals surface area contributed by atoms with Gasteiger partial charge in [0.2, 0.25) is 11.8 Å². The first-order chi connectivity index (χ1) is 17.8. The molecule has 2 aromatic carbocycles. The molecule has 4 rings (SSSR count). The van der Waals surface area contributed by atoms with E-state index in [1.165, 1.54) is 24.7 Å². The van der Waals surface area contributed by atoms with E-state index in [2.05, 4.69) is 11.7 Å². The minimum absolute atomic E-state index is 0.0187. The Balaban J connectivity index is 0.00000121. The maximum atomic E-state index is 14.4. The number of hydrogen-bond donors (Lipinski definition) is 2. The van der Waals surface area contributed by atoms with Gasteiger partial charge in [0.25, 0.3) is 0 Å². The van der Waals surface area contributed by atoms with Gasteiger partial charge in [-0.25, -0.2) is 4.39 Å². The smallest absolute Gasteiger partial charge is 0.247 e. The summed E-state index contributed by atoms with van der Waals surface area (Å²) < 4.78 is 14.4. The lowest BCUT2D eigenvalue weighted by atomic mass is 9.93. The Hall–Kier alpha value is -3.53. The normalized spacial score (nSPS) is 18.2. The topological polar surface area (TPSA) is 72.9 Å². The molecule has 2 atom stereocenters. The summed E-state index contributed by atoms with van der Waals surface area (Å²) in [7, 11) is 0. The molecule has 1 saturated carbocycles. The first-order valence-electron chi connectivity index (χ1n) is 13.1. The average molecular weight is 508 g/mol. The van der Waals surface area contributed by atoms with Crippen molar-refractivity contribution in [2.45, 2.75) is 76.9 Å². The van der Waals surface area contributed by atoms with Crippen LogP contribution in [-0.2, 0) is 9.59 Å². The standard InChI is InChI=1S/C28H36FN3O2.C2H2O/c1-20-10-6-7-16-26(20)27(28(34)30-23-12-4-3-5-13-23)32(24-14-8-11-22(29)18-24)19-25-15-9-17-31(25)21(2)33;1-2-3/h6-8,10-11,14,16,18,23,25,27H,3-5,9,12-13,15,17,19H2,1-2H3,(H,30,34);1,3H/t25-,27?;/m0./s1. The molecule has 1 aliphatic heterocycles. The first-order valence-corrected chi connectivity index (χ1v) is 13.1. The molecule has 7 heteroatoms. The number of anilines is 1. The van der Waals surface area contributed by atoms with E-state index in [9.17, 15) is 14.0 Å². The van der Waals surface area contributed by atoms with Gasteiger partial charge < -0.3 is 20.2 Å². The highest BCUT2D eigenvalue weighted by atomic mass is 19.1. The van der Waals surface area contributed by atoms with Crippen molar-refractivity contribution >= 4 is 17.5 Å². The molecular weight excluding hydrogens is 469 g/mol. The molecule has 0 radical (unpaired) electrons. The van der Waals surface area contributed by atoms with Gasteiger partial charge in [-0.2, -0.15) is 0 Å². The number of carbonyl (C=O) groups excluding carboxylic acids is 2. The van der Waals surface area contributed by atoms with Gasteiger partial charge in [0.15, 0.2) is 0 Å². The number of nitrogens with one attached hydrogen (secondary N) is 1. The average Bonchev–Trinajstić information content (AvgIpc) is 3.34. The third-order valence-electron chi connectivity index (χ3n) is 7.32. The van der Waals surface area contributed by atoms with Crippen LogP contribution in [0.25, 0.3) is 0 Å². The number of likely N-dealkylation sites (tertiary alicyclic amines) is 1. The molecule has 1 aliphatic carbocycles. The minimum Gasteiger partial charge on any atom is -0.462 e. The second kappa shape index (κ2) is 13.7. The number of aliphatic hydroxyl groups is 1. The summed E-state index contributed by atoms with van der Waals surface area (Å²) in [6.45, 7) is 4.80. The van der Waals surface area contributed by atoms with Gasteiger partial charge in [-0.3, -0.25) is 9.59 Å². The Labute approximate surface area is 219 Å². The van der Waals surface area contributed by atoms with Crippen molar-refractivity contribution in [2.75, 3.05) is 18.0 Å². The molecule has 2 amide bonds. The number of benzene rings is 2. The number of aliphatic hydroxyl groups excluding tert-OH is 1. The third kappa shape index (κ3) is 7.48. The summed E-state index contributed by atoms with van der Waals surface area (Å²) in [4.78, 5) is 30.1. The van der Waals surface area contributed by atoms with Crippen LogP contribution in [0.1, 0.15) is 69.0 Å². The van der Waals surface area contributed by atoms with Gasteiger partial charge in [0, 0.05) is 37.8 Å². The van der Waals surface area contributed by atoms with Crippen LogP contribution in [0.15, 0.2) is 48.5 Å². The number of carbonyl (C=O) groups is 2. The Kier molecular flexibility index (Phi) is 10.4. The van der Waals surface area contributed by atoms with E-state index in [1.807, 2.05) is 47.1 Å². The van der Waals surface area contributed by atoms with E-state index in [0.29, 0.717) is 12.2 Å². The fraction of sp³-hybridized carbons (Fsp3) is 0.467. The van der Waals surface area contributed by atoms with Crippen LogP contribution in [0.3, 0.4) is 0 Å². The number of nitrogens with zero attached hydrogens (tertiary/aromatic N) is 2. The van der Waals surface area contributed by atoms with Crippen molar-refractivity contribution in [2.24, 2.45) is 0 Å². The summed E-state index contributed by atoms with van der Waals surface area (Å²) in [5, 5.41) is 10.4. The molecule has 1 saturated heterocycles. The minimum atomic E-state index is -0.612. The SMILES string of the molecule is C#CO.CC(=O)N1CCC[C@H]1CN(c1cccc(F)c1)C(C(=O)NC1CCCCC1)c1ccccc1C. The van der Waals surface area contributed by atoms with E-state index in [-0.39, 0.29) is 29.7 Å². The number of hydrogen-bond acceptors (Lipinski definition) is 4. The molecule has 2 aromatic rings. The highest BCUT2D eigenvalue weighted by molar-refractivity contribution is 5.87. The van der Waals surface area contributed by atoms with Crippen LogP contribution >= 0.6 is 0 Å². The maximum Gasteiger partial charge on any atom is 0.247 e. The summed E-state index contributed by atoms with van der Waals surface area (Å²) in [5.41, 5.74) is 2.58. The number of aryl methyl sites for hydroxylation is 1. The van der Waals surface area contributed by atoms with Crippen LogP contribution in [0.4, 0.5) is 10.1 Å². The lowest BCUT2D eigenvalue weighted by Crippen LogP contribution is -2.49. The lowest BCUT2D eigenvalue weighted by Gasteiger charge is -2.38. The summed E-state index contributed by atoms with van der Waals surface area (Å²) in [6, 6.07) is 13.9. The predicted octanol–water partition coefficient (Wildman–Crippen LogP) is 5.09. The van der Waals surface area contributed by atoms with E-state index < -0.39 is 6.04 Å². The fourth-order valence-corrected chi connectivity index (χ4v) is 5.55. The molecule has 0 spiro atoms. The summed E-state index contributed by atoms with van der Waals surface area (Å²) in [6.07, 6.45) is 12.7. The Morgan fingerprint density at radius 3 is 2.49 bits per heavy atom. The molecule has 6 nitrogen and oxygen atoms in total. The van der Waals surface area contributed by atoms with Crippen LogP contribution in [0.2, 0.25) is 0 Å². The third-order valence-corrected chi connectivity index (χ3v) is 7.32. The second-order valence-electron chi connectivity index (χ2n) is 9.87. The number of halogens is 1. The van der Waals surface area contributed by atoms with E-state index in [0.717, 1.165) is 56.2 Å². The maximum absolute atomic E-state index is 14.4. The van der Waals surface area contributed by atoms with E-state index >= 15 is 0 Å². The van der Waals surface area contributed by atoms with E-state index in [4.69, 9.17) is 5.11 Å². The van der Waals surface area contributed by atoms with Crippen molar-refractivity contribution < 1.29 is 19.1 Å². The van der Waals surface area contributed by atoms with Gasteiger partial charge in [-0.1, -0.05) is 56.0 Å². The van der Waals surface area contributed by atoms with Crippen LogP contribution in [0.5, 0.6) is 0 Å². The molecule has 2 aliphatic rings. The Morgan fingerprint density at radius 1 is 1.14 bits per heavy atom. The number of terminal acetylenes is 1. The van der Waals surface area contributed by atoms with Crippen LogP contribution in [-0.4, -0.2) is 47.0 Å². The zero-order chi connectivity index (χ0) is 26.8. The monoisotopic (exact) mass is 507 g/mol. The highest BCUT2D eigenvalue weighted by Crippen LogP contribution is 2.33. The molecule has 2 fully saturated rings. The predicted molar refractivity (Wildman–Crippen MR) is 144 cm³/mol. The van der Waals surface area contributed by atoms with Gasteiger partial charge >= 0.3 is 0 Å². The molecular formula is C30H38FN3O3. The van der Waals surface area contributed by atoms with Crippen LogP contribution in [0, 0.1) is 25.3 Å². The van der Waals surface area contributed by atoms with Gasteiger partial charge in [-0.05, 0) is 61.9 Å². The molecule has 37 heavy (non-hydrogen) atoms. The van der Waals surface area contributed by atoms with Crippen molar-refractivity contribution in [3.63, 3.8) is 0 Å². The molecule has 1 unspecified atom stereocenters. The van der Waals surface area contributed by atoms with E-state index in [1.54, 1.807) is 13.0 Å². The second-order valence-corrected chi connectivity index (χ2v) is 9.87. The molecule has 198 valence electrons. The molecule has 0 bridgehead atoms. The quantitative estimate of drug-likeness (QED) is 0.512. The zero-order valence-corrected chi connectivity index (χ0v) is 21.8. The van der Waals surface area contributed by atoms with Crippen molar-refractivity contribution in [3.05, 3.63) is 65.5 Å². The first kappa shape index (κ1) is 28.0. The fourth-order valence-electron chi connectivity index (χ4n) is 5.55. The largest absolute Gasteiger partial charge is 0.462 e. The van der Waals surface area contributed by atoms with Crippen LogP contribution < -0.4 is 10.2 Å². The Morgan fingerprint density at radius 2 is 1.84 bits per heavy atom. The molecule has 0 aromatic heterocycles. The van der Waals surface area contributed by atoms with Gasteiger partial charge in [0.05, 0.1) is 0 Å². The molecule has 2 N–H and O–H groups in total. The highest BCUT2D eigenvalue weighted by Gasteiger charge is 2.35. The lowest BCUT2D eigenvalue weighted by molar-refractivity contribution is -0.129. The van der Waals surface area contributed by atoms with Gasteiger partial charge in [-0.15, -0.1) is 0 Å². The van der Waals surface area contributed by atoms with Crippen molar-refractivity contribution in [3.8, 4) is 12.5 Å². The number of rotatable bonds is 7. The zero-order valence-electron chi connectivity index (χ0n) is 21.8. The Bertz CT molecular complexity index is 1090. The summed E-state index contributed by atoms with van der Waals surface area (Å²) in [5.74, 6) is -0.354. The summed E-state index contributed by atoms with van der Waals surface area (Å²) >= 11 is 0. The van der Waals surface area contributed by atoms with Crippen molar-refractivity contribution in [1.29, 1.82) is 0 Å². The number of amides is 2.